The van der Waals surface area contributed by atoms with Crippen LogP contribution in [0.5, 0.6) is 0 Å². The summed E-state index contributed by atoms with van der Waals surface area (Å²) in [6.45, 7) is 5.03. The Balaban J connectivity index is 2.45. The summed E-state index contributed by atoms with van der Waals surface area (Å²) in [7, 11) is 0. The number of aromatic nitrogens is 1. The molecule has 0 unspecified atom stereocenters. The van der Waals surface area contributed by atoms with Crippen LogP contribution in [0.2, 0.25) is 0 Å². The zero-order valence-corrected chi connectivity index (χ0v) is 11.2. The fourth-order valence-corrected chi connectivity index (χ4v) is 2.09. The topological polar surface area (TPSA) is 66.0 Å². The number of nitrogens with one attached hydrogen (secondary N) is 1. The van der Waals surface area contributed by atoms with Crippen LogP contribution in [0.3, 0.4) is 0 Å². The van der Waals surface area contributed by atoms with E-state index in [4.69, 9.17) is 11.1 Å². The first kappa shape index (κ1) is 13.1. The van der Waals surface area contributed by atoms with E-state index in [2.05, 4.69) is 35.9 Å². The number of nitrogens with two attached hydrogens (primary N) is 1. The van der Waals surface area contributed by atoms with Crippen LogP contribution in [0, 0.1) is 12.3 Å². The van der Waals surface area contributed by atoms with Crippen molar-refractivity contribution in [1.82, 2.24) is 4.98 Å². The number of hydrogen-bond donors (Lipinski definition) is 2. The molecule has 19 heavy (non-hydrogen) atoms. The fraction of sp³-hybridized carbons (Fsp3) is 0.200. The molecular weight excluding hydrogens is 236 g/mol. The van der Waals surface area contributed by atoms with Gasteiger partial charge in [0, 0.05) is 24.1 Å². The van der Waals surface area contributed by atoms with Crippen LogP contribution in [0.25, 0.3) is 0 Å². The molecule has 0 aliphatic carbocycles. The summed E-state index contributed by atoms with van der Waals surface area (Å²) in [5.41, 5.74) is 9.37. The lowest BCUT2D eigenvalue weighted by atomic mass is 10.1. The van der Waals surface area contributed by atoms with Gasteiger partial charge in [-0.15, -0.1) is 0 Å². The van der Waals surface area contributed by atoms with Crippen LogP contribution in [-0.4, -0.2) is 17.4 Å². The second-order valence-electron chi connectivity index (χ2n) is 4.34. The molecule has 0 saturated heterocycles. The number of amidine groups is 1. The zero-order chi connectivity index (χ0) is 13.8. The van der Waals surface area contributed by atoms with Crippen molar-refractivity contribution in [3.63, 3.8) is 0 Å². The predicted molar refractivity (Wildman–Crippen MR) is 79.1 cm³/mol. The SMILES string of the molecule is CCN(c1ccnc(C(=N)N)c1)c1ccccc1C. The van der Waals surface area contributed by atoms with Crippen LogP contribution < -0.4 is 10.6 Å². The van der Waals surface area contributed by atoms with Crippen molar-refractivity contribution >= 4 is 17.2 Å². The van der Waals surface area contributed by atoms with Gasteiger partial charge in [-0.25, -0.2) is 0 Å². The number of nitrogen functional groups attached to an aromatic ring is 1. The smallest absolute Gasteiger partial charge is 0.141 e. The molecule has 1 heterocycles. The molecule has 1 aromatic carbocycles. The number of aryl methyl sites for hydroxylation is 1. The third-order valence-electron chi connectivity index (χ3n) is 3.05. The van der Waals surface area contributed by atoms with Gasteiger partial charge in [0.2, 0.25) is 0 Å². The minimum atomic E-state index is -0.0114. The number of hydrogen-bond acceptors (Lipinski definition) is 3. The molecule has 2 rings (SSSR count). The lowest BCUT2D eigenvalue weighted by Crippen LogP contribution is -2.19. The summed E-state index contributed by atoms with van der Waals surface area (Å²) in [5, 5.41) is 7.47. The molecule has 0 radical (unpaired) electrons. The van der Waals surface area contributed by atoms with Crippen LogP contribution in [-0.2, 0) is 0 Å². The number of para-hydroxylation sites is 1. The second kappa shape index (κ2) is 5.52. The summed E-state index contributed by atoms with van der Waals surface area (Å²) in [5.74, 6) is -0.0114. The van der Waals surface area contributed by atoms with E-state index in [1.807, 2.05) is 24.3 Å². The first-order valence-corrected chi connectivity index (χ1v) is 6.27. The Morgan fingerprint density at radius 3 is 2.68 bits per heavy atom. The Morgan fingerprint density at radius 2 is 2.05 bits per heavy atom. The molecule has 2 aromatic rings. The number of rotatable bonds is 4. The molecule has 3 N–H and O–H groups in total. The quantitative estimate of drug-likeness (QED) is 0.651. The standard InChI is InChI=1S/C15H18N4/c1-3-19(14-7-5-4-6-11(14)2)12-8-9-18-13(10-12)15(16)17/h4-10H,3H2,1-2H3,(H3,16,17). The van der Waals surface area contributed by atoms with E-state index in [0.29, 0.717) is 5.69 Å². The number of nitrogens with zero attached hydrogens (tertiary/aromatic N) is 2. The van der Waals surface area contributed by atoms with Crippen molar-refractivity contribution in [3.05, 3.63) is 53.9 Å². The minimum absolute atomic E-state index is 0.0114. The Hall–Kier alpha value is -2.36. The maximum atomic E-state index is 7.47. The van der Waals surface area contributed by atoms with Crippen LogP contribution >= 0.6 is 0 Å². The van der Waals surface area contributed by atoms with Crippen molar-refractivity contribution in [2.75, 3.05) is 11.4 Å². The first-order valence-electron chi connectivity index (χ1n) is 6.27. The molecule has 0 spiro atoms. The molecule has 4 heteroatoms. The average Bonchev–Trinajstić information content (AvgIpc) is 2.42. The number of anilines is 2. The molecular formula is C15H18N4. The van der Waals surface area contributed by atoms with E-state index in [0.717, 1.165) is 17.9 Å². The maximum absolute atomic E-state index is 7.47. The summed E-state index contributed by atoms with van der Waals surface area (Å²) < 4.78 is 0. The zero-order valence-electron chi connectivity index (χ0n) is 11.2. The van der Waals surface area contributed by atoms with E-state index in [9.17, 15) is 0 Å². The van der Waals surface area contributed by atoms with E-state index in [1.54, 1.807) is 6.20 Å². The number of pyridine rings is 1. The molecule has 0 aliphatic heterocycles. The van der Waals surface area contributed by atoms with E-state index in [-0.39, 0.29) is 5.84 Å². The third-order valence-corrected chi connectivity index (χ3v) is 3.05. The van der Waals surface area contributed by atoms with E-state index >= 15 is 0 Å². The molecule has 0 aliphatic rings. The molecule has 1 aromatic heterocycles. The number of benzene rings is 1. The lowest BCUT2D eigenvalue weighted by Gasteiger charge is -2.25. The summed E-state index contributed by atoms with van der Waals surface area (Å²) in [6.07, 6.45) is 1.69. The molecule has 4 nitrogen and oxygen atoms in total. The van der Waals surface area contributed by atoms with Gasteiger partial charge < -0.3 is 10.6 Å². The van der Waals surface area contributed by atoms with Crippen molar-refractivity contribution in [2.24, 2.45) is 5.73 Å². The molecule has 98 valence electrons. The lowest BCUT2D eigenvalue weighted by molar-refractivity contribution is 1.01. The predicted octanol–water partition coefficient (Wildman–Crippen LogP) is 2.83. The largest absolute Gasteiger partial charge is 0.382 e. The highest BCUT2D eigenvalue weighted by atomic mass is 15.1. The normalized spacial score (nSPS) is 10.2. The van der Waals surface area contributed by atoms with Gasteiger partial charge in [-0.2, -0.15) is 0 Å². The van der Waals surface area contributed by atoms with Gasteiger partial charge in [0.25, 0.3) is 0 Å². The highest BCUT2D eigenvalue weighted by Gasteiger charge is 2.10. The Kier molecular flexibility index (Phi) is 3.80. The van der Waals surface area contributed by atoms with Crippen LogP contribution in [0.15, 0.2) is 42.6 Å². The summed E-state index contributed by atoms with van der Waals surface area (Å²) in [6, 6.07) is 12.0. The Bertz CT molecular complexity index is 592. The Labute approximate surface area is 113 Å². The summed E-state index contributed by atoms with van der Waals surface area (Å²) >= 11 is 0. The minimum Gasteiger partial charge on any atom is -0.382 e. The van der Waals surface area contributed by atoms with Gasteiger partial charge in [-0.05, 0) is 37.6 Å². The first-order chi connectivity index (χ1) is 9.13. The molecule has 0 atom stereocenters. The van der Waals surface area contributed by atoms with Crippen molar-refractivity contribution < 1.29 is 0 Å². The van der Waals surface area contributed by atoms with Gasteiger partial charge in [-0.1, -0.05) is 18.2 Å². The molecule has 0 fully saturated rings. The highest BCUT2D eigenvalue weighted by molar-refractivity contribution is 5.94. The fourth-order valence-electron chi connectivity index (χ4n) is 2.09. The van der Waals surface area contributed by atoms with Crippen molar-refractivity contribution in [2.45, 2.75) is 13.8 Å². The molecule has 0 amide bonds. The van der Waals surface area contributed by atoms with Gasteiger partial charge in [0.15, 0.2) is 0 Å². The van der Waals surface area contributed by atoms with Crippen molar-refractivity contribution in [3.8, 4) is 0 Å². The molecule has 0 bridgehead atoms. The van der Waals surface area contributed by atoms with E-state index in [1.165, 1.54) is 5.56 Å². The van der Waals surface area contributed by atoms with Crippen LogP contribution in [0.1, 0.15) is 18.2 Å². The second-order valence-corrected chi connectivity index (χ2v) is 4.34. The van der Waals surface area contributed by atoms with E-state index < -0.39 is 0 Å². The van der Waals surface area contributed by atoms with Crippen LogP contribution in [0.4, 0.5) is 11.4 Å². The third kappa shape index (κ3) is 2.73. The highest BCUT2D eigenvalue weighted by Crippen LogP contribution is 2.27. The maximum Gasteiger partial charge on any atom is 0.141 e. The molecule has 0 saturated carbocycles. The van der Waals surface area contributed by atoms with Gasteiger partial charge in [-0.3, -0.25) is 10.4 Å². The van der Waals surface area contributed by atoms with Gasteiger partial charge in [0.1, 0.15) is 11.5 Å². The van der Waals surface area contributed by atoms with Gasteiger partial charge in [0.05, 0.1) is 0 Å². The van der Waals surface area contributed by atoms with Crippen molar-refractivity contribution in [1.29, 1.82) is 5.41 Å². The Morgan fingerprint density at radius 1 is 1.32 bits per heavy atom. The average molecular weight is 254 g/mol. The summed E-state index contributed by atoms with van der Waals surface area (Å²) in [4.78, 5) is 6.28. The monoisotopic (exact) mass is 254 g/mol. The van der Waals surface area contributed by atoms with Gasteiger partial charge >= 0.3 is 0 Å².